The summed E-state index contributed by atoms with van der Waals surface area (Å²) < 4.78 is 0. The van der Waals surface area contributed by atoms with Gasteiger partial charge in [0.1, 0.15) is 17.4 Å². The van der Waals surface area contributed by atoms with Gasteiger partial charge in [-0.1, -0.05) is 35.9 Å². The fraction of sp³-hybridized carbons (Fsp3) is 0.111. The molecule has 0 unspecified atom stereocenters. The topological polar surface area (TPSA) is 85.2 Å². The highest BCUT2D eigenvalue weighted by Crippen LogP contribution is 2.24. The van der Waals surface area contributed by atoms with E-state index in [0.29, 0.717) is 10.7 Å². The van der Waals surface area contributed by atoms with Crippen LogP contribution in [0.4, 0.5) is 5.69 Å². The summed E-state index contributed by atoms with van der Waals surface area (Å²) in [6.45, 7) is 2.09. The molecule has 1 amide bonds. The van der Waals surface area contributed by atoms with Gasteiger partial charge in [-0.25, -0.2) is 0 Å². The van der Waals surface area contributed by atoms with Crippen molar-refractivity contribution in [1.82, 2.24) is 5.32 Å². The number of phenolic OH excluding ortho intramolecular Hbond substituents is 1. The van der Waals surface area contributed by atoms with Crippen LogP contribution in [0, 0.1) is 18.3 Å². The van der Waals surface area contributed by atoms with E-state index in [1.165, 1.54) is 12.3 Å². The molecule has 0 fully saturated rings. The van der Waals surface area contributed by atoms with Crippen LogP contribution in [0.25, 0.3) is 0 Å². The molecule has 0 radical (unpaired) electrons. The highest BCUT2D eigenvalue weighted by atomic mass is 35.5. The van der Waals surface area contributed by atoms with Gasteiger partial charge in [0.15, 0.2) is 0 Å². The molecule has 0 saturated heterocycles. The van der Waals surface area contributed by atoms with Crippen LogP contribution in [-0.2, 0) is 11.3 Å². The number of amides is 1. The van der Waals surface area contributed by atoms with Crippen LogP contribution in [-0.4, -0.2) is 11.0 Å². The first-order chi connectivity index (χ1) is 11.5. The number of nitrogens with zero attached hydrogens (tertiary/aromatic N) is 1. The molecular formula is C18H16ClN3O2. The number of carbonyl (C=O) groups is 1. The number of carbonyl (C=O) groups excluding carboxylic acids is 1. The first-order valence-corrected chi connectivity index (χ1v) is 7.57. The van der Waals surface area contributed by atoms with Crippen LogP contribution in [0.2, 0.25) is 5.02 Å². The SMILES string of the molecule is Cc1ccc(O)c(N/C=C(/C#N)C(=O)NCc2ccccc2Cl)c1. The predicted octanol–water partition coefficient (Wildman–Crippen LogP) is 3.49. The van der Waals surface area contributed by atoms with Gasteiger partial charge in [-0.05, 0) is 36.2 Å². The van der Waals surface area contributed by atoms with Crippen molar-refractivity contribution < 1.29 is 9.90 Å². The smallest absolute Gasteiger partial charge is 0.263 e. The molecule has 0 saturated carbocycles. The number of nitriles is 1. The van der Waals surface area contributed by atoms with Crippen LogP contribution in [0.5, 0.6) is 5.75 Å². The Labute approximate surface area is 145 Å². The Kier molecular flexibility index (Phi) is 5.83. The van der Waals surface area contributed by atoms with Gasteiger partial charge in [0.2, 0.25) is 0 Å². The maximum atomic E-state index is 12.1. The second-order valence-electron chi connectivity index (χ2n) is 5.11. The average molecular weight is 342 g/mol. The summed E-state index contributed by atoms with van der Waals surface area (Å²) >= 11 is 6.02. The lowest BCUT2D eigenvalue weighted by Gasteiger charge is -2.08. The predicted molar refractivity (Wildman–Crippen MR) is 93.5 cm³/mol. The van der Waals surface area contributed by atoms with Crippen LogP contribution >= 0.6 is 11.6 Å². The van der Waals surface area contributed by atoms with Gasteiger partial charge in [-0.3, -0.25) is 4.79 Å². The molecule has 0 aromatic heterocycles. The minimum Gasteiger partial charge on any atom is -0.506 e. The van der Waals surface area contributed by atoms with E-state index in [0.717, 1.165) is 11.1 Å². The molecule has 24 heavy (non-hydrogen) atoms. The van der Waals surface area contributed by atoms with Gasteiger partial charge < -0.3 is 15.7 Å². The van der Waals surface area contributed by atoms with Crippen molar-refractivity contribution >= 4 is 23.2 Å². The highest BCUT2D eigenvalue weighted by Gasteiger charge is 2.10. The lowest BCUT2D eigenvalue weighted by atomic mass is 10.2. The molecule has 6 heteroatoms. The molecule has 3 N–H and O–H groups in total. The van der Waals surface area contributed by atoms with Gasteiger partial charge in [-0.2, -0.15) is 5.26 Å². The number of anilines is 1. The molecule has 0 aliphatic heterocycles. The molecule has 2 rings (SSSR count). The summed E-state index contributed by atoms with van der Waals surface area (Å²) in [5.41, 5.74) is 2.00. The number of rotatable bonds is 5. The van der Waals surface area contributed by atoms with Crippen LogP contribution in [0.3, 0.4) is 0 Å². The molecule has 0 aliphatic carbocycles. The summed E-state index contributed by atoms with van der Waals surface area (Å²) in [7, 11) is 0. The first-order valence-electron chi connectivity index (χ1n) is 7.19. The van der Waals surface area contributed by atoms with Crippen molar-refractivity contribution in [2.24, 2.45) is 0 Å². The number of benzene rings is 2. The maximum absolute atomic E-state index is 12.1. The van der Waals surface area contributed by atoms with Gasteiger partial charge in [0.05, 0.1) is 5.69 Å². The van der Waals surface area contributed by atoms with Gasteiger partial charge in [-0.15, -0.1) is 0 Å². The van der Waals surface area contributed by atoms with Gasteiger partial charge in [0.25, 0.3) is 5.91 Å². The van der Waals surface area contributed by atoms with Crippen LogP contribution < -0.4 is 10.6 Å². The zero-order valence-electron chi connectivity index (χ0n) is 13.0. The normalized spacial score (nSPS) is 10.8. The number of hydrogen-bond acceptors (Lipinski definition) is 4. The molecule has 0 spiro atoms. The second-order valence-corrected chi connectivity index (χ2v) is 5.52. The van der Waals surface area contributed by atoms with E-state index >= 15 is 0 Å². The lowest BCUT2D eigenvalue weighted by molar-refractivity contribution is -0.117. The summed E-state index contributed by atoms with van der Waals surface area (Å²) in [6.07, 6.45) is 1.26. The molecule has 5 nitrogen and oxygen atoms in total. The quantitative estimate of drug-likeness (QED) is 0.441. The van der Waals surface area contributed by atoms with E-state index in [4.69, 9.17) is 16.9 Å². The van der Waals surface area contributed by atoms with Crippen LogP contribution in [0.15, 0.2) is 54.2 Å². The van der Waals surface area contributed by atoms with E-state index in [-0.39, 0.29) is 17.9 Å². The monoisotopic (exact) mass is 341 g/mol. The van der Waals surface area contributed by atoms with Gasteiger partial charge in [0, 0.05) is 17.8 Å². The molecule has 2 aromatic rings. The van der Waals surface area contributed by atoms with E-state index in [2.05, 4.69) is 10.6 Å². The molecular weight excluding hydrogens is 326 g/mol. The van der Waals surface area contributed by atoms with Crippen molar-refractivity contribution in [3.05, 3.63) is 70.4 Å². The number of aryl methyl sites for hydroxylation is 1. The fourth-order valence-electron chi connectivity index (χ4n) is 1.98. The third kappa shape index (κ3) is 4.51. The van der Waals surface area contributed by atoms with E-state index in [1.54, 1.807) is 30.3 Å². The number of halogens is 1. The Hall–Kier alpha value is -2.97. The Bertz CT molecular complexity index is 825. The van der Waals surface area contributed by atoms with E-state index in [1.807, 2.05) is 19.1 Å². The number of hydrogen-bond donors (Lipinski definition) is 3. The molecule has 0 atom stereocenters. The molecule has 0 bridgehead atoms. The number of aromatic hydroxyl groups is 1. The zero-order valence-corrected chi connectivity index (χ0v) is 13.8. The molecule has 122 valence electrons. The number of nitrogens with one attached hydrogen (secondary N) is 2. The zero-order chi connectivity index (χ0) is 17.5. The number of phenols is 1. The third-order valence-corrected chi connectivity index (χ3v) is 3.66. The first kappa shape index (κ1) is 17.4. The largest absolute Gasteiger partial charge is 0.506 e. The van der Waals surface area contributed by atoms with Gasteiger partial charge >= 0.3 is 0 Å². The summed E-state index contributed by atoms with van der Waals surface area (Å²) in [5.74, 6) is -0.498. The van der Waals surface area contributed by atoms with E-state index in [9.17, 15) is 9.90 Å². The van der Waals surface area contributed by atoms with E-state index < -0.39 is 5.91 Å². The Morgan fingerprint density at radius 1 is 1.33 bits per heavy atom. The minimum absolute atomic E-state index is 0.0330. The molecule has 0 aliphatic rings. The maximum Gasteiger partial charge on any atom is 0.263 e. The Morgan fingerprint density at radius 3 is 2.79 bits per heavy atom. The summed E-state index contributed by atoms with van der Waals surface area (Å²) in [4.78, 5) is 12.1. The summed E-state index contributed by atoms with van der Waals surface area (Å²) in [5, 5.41) is 24.8. The Balaban J connectivity index is 2.05. The van der Waals surface area contributed by atoms with Crippen molar-refractivity contribution in [3.63, 3.8) is 0 Å². The highest BCUT2D eigenvalue weighted by molar-refractivity contribution is 6.31. The average Bonchev–Trinajstić information content (AvgIpc) is 2.57. The molecule has 2 aromatic carbocycles. The van der Waals surface area contributed by atoms with Crippen molar-refractivity contribution in [2.45, 2.75) is 13.5 Å². The van der Waals surface area contributed by atoms with Crippen LogP contribution in [0.1, 0.15) is 11.1 Å². The fourth-order valence-corrected chi connectivity index (χ4v) is 2.18. The Morgan fingerprint density at radius 2 is 2.08 bits per heavy atom. The molecule has 0 heterocycles. The minimum atomic E-state index is -0.530. The van der Waals surface area contributed by atoms with Crippen molar-refractivity contribution in [1.29, 1.82) is 5.26 Å². The van der Waals surface area contributed by atoms with Crippen molar-refractivity contribution in [2.75, 3.05) is 5.32 Å². The van der Waals surface area contributed by atoms with Crippen molar-refractivity contribution in [3.8, 4) is 11.8 Å². The standard InChI is InChI=1S/C18H16ClN3O2/c1-12-6-7-17(23)16(8-12)21-11-14(9-20)18(24)22-10-13-4-2-3-5-15(13)19/h2-8,11,21,23H,10H2,1H3,(H,22,24)/b14-11-. The second kappa shape index (κ2) is 8.04. The summed E-state index contributed by atoms with van der Waals surface area (Å²) in [6, 6.07) is 14.0. The lowest BCUT2D eigenvalue weighted by Crippen LogP contribution is -2.24. The third-order valence-electron chi connectivity index (χ3n) is 3.29.